The Kier molecular flexibility index (Phi) is 6.56. The summed E-state index contributed by atoms with van der Waals surface area (Å²) in [5.41, 5.74) is 7.01. The molecule has 0 fully saturated rings. The number of nitrogens with two attached hydrogens (primary N) is 1. The fraction of sp³-hybridized carbons (Fsp3) is 0.278. The molecule has 2 aromatic rings. The minimum atomic E-state index is -0.300. The van der Waals surface area contributed by atoms with E-state index in [2.05, 4.69) is 5.32 Å². The molecule has 1 amide bonds. The molecule has 5 heteroatoms. The van der Waals surface area contributed by atoms with Gasteiger partial charge in [0.15, 0.2) is 0 Å². The molecule has 2 aromatic carbocycles. The molecule has 0 saturated carbocycles. The largest absolute Gasteiger partial charge is 0.494 e. The van der Waals surface area contributed by atoms with Crippen LogP contribution in [0.2, 0.25) is 0 Å². The number of nitrogens with one attached hydrogen (secondary N) is 1. The first-order valence-corrected chi connectivity index (χ1v) is 7.61. The minimum absolute atomic E-state index is 0.0564. The molecule has 2 rings (SSSR count). The molecule has 0 aromatic heterocycles. The van der Waals surface area contributed by atoms with Crippen LogP contribution in [0.25, 0.3) is 0 Å². The molecule has 0 saturated heterocycles. The second-order valence-corrected chi connectivity index (χ2v) is 5.23. The van der Waals surface area contributed by atoms with Crippen LogP contribution in [-0.2, 0) is 4.79 Å². The number of halogens is 1. The van der Waals surface area contributed by atoms with Crippen molar-refractivity contribution in [3.8, 4) is 5.75 Å². The second-order valence-electron chi connectivity index (χ2n) is 5.23. The van der Waals surface area contributed by atoms with Crippen molar-refractivity contribution in [3.63, 3.8) is 0 Å². The Morgan fingerprint density at radius 3 is 2.52 bits per heavy atom. The van der Waals surface area contributed by atoms with Crippen LogP contribution in [0.15, 0.2) is 54.6 Å². The molecule has 0 aliphatic rings. The Morgan fingerprint density at radius 1 is 1.13 bits per heavy atom. The molecule has 122 valence electrons. The van der Waals surface area contributed by atoms with Crippen molar-refractivity contribution in [2.24, 2.45) is 5.73 Å². The average Bonchev–Trinajstić information content (AvgIpc) is 2.59. The normalized spacial score (nSPS) is 11.7. The summed E-state index contributed by atoms with van der Waals surface area (Å²) in [7, 11) is 0. The third-order valence-electron chi connectivity index (χ3n) is 3.38. The van der Waals surface area contributed by atoms with Gasteiger partial charge in [0, 0.05) is 19.0 Å². The van der Waals surface area contributed by atoms with Crippen LogP contribution in [0.3, 0.4) is 0 Å². The lowest BCUT2D eigenvalue weighted by Gasteiger charge is -2.13. The highest BCUT2D eigenvalue weighted by Gasteiger charge is 2.07. The van der Waals surface area contributed by atoms with Crippen LogP contribution in [0.5, 0.6) is 5.75 Å². The highest BCUT2D eigenvalue weighted by Crippen LogP contribution is 2.11. The second kappa shape index (κ2) is 8.90. The summed E-state index contributed by atoms with van der Waals surface area (Å²) in [6.07, 6.45) is 0.951. The van der Waals surface area contributed by atoms with Crippen LogP contribution in [0, 0.1) is 5.82 Å². The van der Waals surface area contributed by atoms with E-state index in [0.717, 1.165) is 5.56 Å². The molecular formula is C18H21FN2O2. The van der Waals surface area contributed by atoms with Crippen LogP contribution >= 0.6 is 0 Å². The first kappa shape index (κ1) is 17.0. The van der Waals surface area contributed by atoms with E-state index in [9.17, 15) is 9.18 Å². The molecule has 4 nitrogen and oxygen atoms in total. The lowest BCUT2D eigenvalue weighted by Crippen LogP contribution is -2.31. The Labute approximate surface area is 135 Å². The quantitative estimate of drug-likeness (QED) is 0.736. The van der Waals surface area contributed by atoms with Crippen LogP contribution in [0.4, 0.5) is 4.39 Å². The SMILES string of the molecule is NC(CNC(=O)CCCOc1ccc(F)cc1)c1ccccc1. The predicted octanol–water partition coefficient (Wildman–Crippen LogP) is 2.80. The number of carbonyl (C=O) groups is 1. The average molecular weight is 316 g/mol. The van der Waals surface area contributed by atoms with Gasteiger partial charge in [-0.1, -0.05) is 30.3 Å². The Bertz CT molecular complexity index is 602. The van der Waals surface area contributed by atoms with E-state index in [-0.39, 0.29) is 17.8 Å². The van der Waals surface area contributed by atoms with Gasteiger partial charge in [-0.05, 0) is 36.2 Å². The van der Waals surface area contributed by atoms with Gasteiger partial charge in [0.2, 0.25) is 5.91 Å². The zero-order valence-corrected chi connectivity index (χ0v) is 12.9. The molecule has 1 unspecified atom stereocenters. The van der Waals surface area contributed by atoms with Gasteiger partial charge in [-0.2, -0.15) is 0 Å². The van der Waals surface area contributed by atoms with E-state index in [1.54, 1.807) is 12.1 Å². The summed E-state index contributed by atoms with van der Waals surface area (Å²) >= 11 is 0. The number of hydrogen-bond acceptors (Lipinski definition) is 3. The Balaban J connectivity index is 1.61. The summed E-state index contributed by atoms with van der Waals surface area (Å²) in [6.45, 7) is 0.811. The van der Waals surface area contributed by atoms with E-state index in [1.807, 2.05) is 30.3 Å². The number of rotatable bonds is 8. The van der Waals surface area contributed by atoms with Crippen molar-refractivity contribution < 1.29 is 13.9 Å². The van der Waals surface area contributed by atoms with Crippen LogP contribution < -0.4 is 15.8 Å². The van der Waals surface area contributed by atoms with Crippen LogP contribution in [0.1, 0.15) is 24.4 Å². The van der Waals surface area contributed by atoms with Crippen molar-refractivity contribution in [2.45, 2.75) is 18.9 Å². The van der Waals surface area contributed by atoms with Crippen molar-refractivity contribution in [2.75, 3.05) is 13.2 Å². The molecule has 0 heterocycles. The van der Waals surface area contributed by atoms with E-state index in [0.29, 0.717) is 31.7 Å². The minimum Gasteiger partial charge on any atom is -0.494 e. The number of ether oxygens (including phenoxy) is 1. The number of benzene rings is 2. The zero-order valence-electron chi connectivity index (χ0n) is 12.9. The van der Waals surface area contributed by atoms with E-state index >= 15 is 0 Å². The molecule has 0 aliphatic heterocycles. The molecule has 3 N–H and O–H groups in total. The molecular weight excluding hydrogens is 295 g/mol. The highest BCUT2D eigenvalue weighted by atomic mass is 19.1. The van der Waals surface area contributed by atoms with Gasteiger partial charge in [0.1, 0.15) is 11.6 Å². The first-order chi connectivity index (χ1) is 11.1. The zero-order chi connectivity index (χ0) is 16.5. The molecule has 23 heavy (non-hydrogen) atoms. The maximum atomic E-state index is 12.7. The van der Waals surface area contributed by atoms with Crippen molar-refractivity contribution in [1.29, 1.82) is 0 Å². The standard InChI is InChI=1S/C18H21FN2O2/c19-15-8-10-16(11-9-15)23-12-4-7-18(22)21-13-17(20)14-5-2-1-3-6-14/h1-3,5-6,8-11,17H,4,7,12-13,20H2,(H,21,22). The summed E-state index contributed by atoms with van der Waals surface area (Å²) in [5.74, 6) is 0.239. The van der Waals surface area contributed by atoms with Gasteiger partial charge < -0.3 is 15.8 Å². The number of carbonyl (C=O) groups excluding carboxylic acids is 1. The Hall–Kier alpha value is -2.40. The number of hydrogen-bond donors (Lipinski definition) is 2. The highest BCUT2D eigenvalue weighted by molar-refractivity contribution is 5.75. The molecule has 0 aliphatic carbocycles. The fourth-order valence-electron chi connectivity index (χ4n) is 2.08. The Morgan fingerprint density at radius 2 is 1.83 bits per heavy atom. The molecule has 0 radical (unpaired) electrons. The van der Waals surface area contributed by atoms with Gasteiger partial charge in [0.25, 0.3) is 0 Å². The lowest BCUT2D eigenvalue weighted by atomic mass is 10.1. The molecule has 1 atom stereocenters. The van der Waals surface area contributed by atoms with E-state index < -0.39 is 0 Å². The number of amides is 1. The van der Waals surface area contributed by atoms with Crippen molar-refractivity contribution in [1.82, 2.24) is 5.32 Å². The summed E-state index contributed by atoms with van der Waals surface area (Å²) < 4.78 is 18.2. The first-order valence-electron chi connectivity index (χ1n) is 7.61. The smallest absolute Gasteiger partial charge is 0.220 e. The predicted molar refractivity (Wildman–Crippen MR) is 87.5 cm³/mol. The van der Waals surface area contributed by atoms with Crippen LogP contribution in [-0.4, -0.2) is 19.1 Å². The maximum absolute atomic E-state index is 12.7. The fourth-order valence-corrected chi connectivity index (χ4v) is 2.08. The maximum Gasteiger partial charge on any atom is 0.220 e. The summed E-state index contributed by atoms with van der Waals surface area (Å²) in [4.78, 5) is 11.8. The van der Waals surface area contributed by atoms with Gasteiger partial charge in [-0.25, -0.2) is 4.39 Å². The molecule has 0 spiro atoms. The van der Waals surface area contributed by atoms with Gasteiger partial charge in [-0.3, -0.25) is 4.79 Å². The monoisotopic (exact) mass is 316 g/mol. The third-order valence-corrected chi connectivity index (χ3v) is 3.38. The van der Waals surface area contributed by atoms with Crippen molar-refractivity contribution >= 4 is 5.91 Å². The summed E-state index contributed by atoms with van der Waals surface area (Å²) in [6, 6.07) is 15.2. The van der Waals surface area contributed by atoms with Crippen molar-refractivity contribution in [3.05, 3.63) is 66.0 Å². The topological polar surface area (TPSA) is 64.3 Å². The van der Waals surface area contributed by atoms with E-state index in [4.69, 9.17) is 10.5 Å². The van der Waals surface area contributed by atoms with E-state index in [1.165, 1.54) is 12.1 Å². The summed E-state index contributed by atoms with van der Waals surface area (Å²) in [5, 5.41) is 2.82. The van der Waals surface area contributed by atoms with Gasteiger partial charge >= 0.3 is 0 Å². The lowest BCUT2D eigenvalue weighted by molar-refractivity contribution is -0.121. The third kappa shape index (κ3) is 6.08. The van der Waals surface area contributed by atoms with Gasteiger partial charge in [-0.15, -0.1) is 0 Å². The molecule has 0 bridgehead atoms. The van der Waals surface area contributed by atoms with Gasteiger partial charge in [0.05, 0.1) is 6.61 Å².